The summed E-state index contributed by atoms with van der Waals surface area (Å²) >= 11 is 0. The van der Waals surface area contributed by atoms with E-state index in [0.29, 0.717) is 26.2 Å². The zero-order valence-corrected chi connectivity index (χ0v) is 16.2. The summed E-state index contributed by atoms with van der Waals surface area (Å²) in [5, 5.41) is 2.63. The summed E-state index contributed by atoms with van der Waals surface area (Å²) in [4.78, 5) is 39.7. The molecule has 1 atom stereocenters. The third-order valence-corrected chi connectivity index (χ3v) is 4.82. The maximum atomic E-state index is 13.2. The molecule has 1 aromatic carbocycles. The minimum atomic E-state index is -0.308. The monoisotopic (exact) mass is 377 g/mol. The highest BCUT2D eigenvalue weighted by Crippen LogP contribution is 2.21. The number of benzene rings is 1. The van der Waals surface area contributed by atoms with Gasteiger partial charge in [-0.3, -0.25) is 14.4 Å². The van der Waals surface area contributed by atoms with E-state index < -0.39 is 0 Å². The van der Waals surface area contributed by atoms with Gasteiger partial charge in [-0.05, 0) is 23.6 Å². The highest BCUT2D eigenvalue weighted by atomic mass is 19.1. The van der Waals surface area contributed by atoms with Crippen LogP contribution in [0.3, 0.4) is 0 Å². The van der Waals surface area contributed by atoms with Crippen LogP contribution >= 0.6 is 0 Å². The molecule has 6 nitrogen and oxygen atoms in total. The molecule has 27 heavy (non-hydrogen) atoms. The number of amides is 3. The molecule has 3 amide bonds. The van der Waals surface area contributed by atoms with Gasteiger partial charge < -0.3 is 15.1 Å². The predicted molar refractivity (Wildman–Crippen MR) is 100 cm³/mol. The van der Waals surface area contributed by atoms with Gasteiger partial charge in [-0.15, -0.1) is 0 Å². The fourth-order valence-electron chi connectivity index (χ4n) is 3.27. The molecule has 1 saturated heterocycles. The summed E-state index contributed by atoms with van der Waals surface area (Å²) in [5.74, 6) is -0.379. The number of nitrogens with one attached hydrogen (secondary N) is 1. The highest BCUT2D eigenvalue weighted by Gasteiger charge is 2.33. The zero-order valence-electron chi connectivity index (χ0n) is 16.2. The van der Waals surface area contributed by atoms with Crippen LogP contribution in [-0.4, -0.2) is 53.2 Å². The smallest absolute Gasteiger partial charge is 0.224 e. The van der Waals surface area contributed by atoms with Gasteiger partial charge in [0.05, 0.1) is 6.04 Å². The summed E-state index contributed by atoms with van der Waals surface area (Å²) in [7, 11) is 0. The van der Waals surface area contributed by atoms with E-state index in [0.717, 1.165) is 5.56 Å². The second-order valence-corrected chi connectivity index (χ2v) is 7.28. The van der Waals surface area contributed by atoms with Crippen LogP contribution in [0.15, 0.2) is 24.3 Å². The fourth-order valence-corrected chi connectivity index (χ4v) is 3.27. The third kappa shape index (κ3) is 6.05. The highest BCUT2D eigenvalue weighted by molar-refractivity contribution is 5.81. The Balaban J connectivity index is 2.10. The molecule has 1 fully saturated rings. The molecule has 0 bridgehead atoms. The molecule has 0 spiro atoms. The first-order valence-corrected chi connectivity index (χ1v) is 9.34. The molecule has 1 heterocycles. The van der Waals surface area contributed by atoms with E-state index in [2.05, 4.69) is 5.32 Å². The van der Waals surface area contributed by atoms with E-state index >= 15 is 0 Å². The van der Waals surface area contributed by atoms with E-state index in [1.165, 1.54) is 19.1 Å². The molecule has 7 heteroatoms. The lowest BCUT2D eigenvalue weighted by atomic mass is 10.0. The molecule has 0 radical (unpaired) electrons. The lowest BCUT2D eigenvalue weighted by Crippen LogP contribution is -2.47. The molecule has 2 rings (SSSR count). The van der Waals surface area contributed by atoms with E-state index in [4.69, 9.17) is 0 Å². The van der Waals surface area contributed by atoms with E-state index in [1.54, 1.807) is 21.9 Å². The van der Waals surface area contributed by atoms with E-state index in [1.807, 2.05) is 13.8 Å². The first-order chi connectivity index (χ1) is 12.8. The van der Waals surface area contributed by atoms with Gasteiger partial charge in [-0.2, -0.15) is 0 Å². The maximum absolute atomic E-state index is 13.2. The van der Waals surface area contributed by atoms with Crippen molar-refractivity contribution in [3.63, 3.8) is 0 Å². The van der Waals surface area contributed by atoms with Gasteiger partial charge in [0.25, 0.3) is 0 Å². The molecule has 0 saturated carbocycles. The van der Waals surface area contributed by atoms with Crippen LogP contribution in [0.4, 0.5) is 4.39 Å². The van der Waals surface area contributed by atoms with Crippen molar-refractivity contribution in [2.75, 3.05) is 19.6 Å². The van der Waals surface area contributed by atoms with Gasteiger partial charge in [0, 0.05) is 45.9 Å². The maximum Gasteiger partial charge on any atom is 0.224 e. The topological polar surface area (TPSA) is 69.7 Å². The minimum Gasteiger partial charge on any atom is -0.356 e. The molecule has 1 aliphatic heterocycles. The van der Waals surface area contributed by atoms with Crippen LogP contribution in [0, 0.1) is 11.7 Å². The molecular weight excluding hydrogens is 349 g/mol. The largest absolute Gasteiger partial charge is 0.356 e. The summed E-state index contributed by atoms with van der Waals surface area (Å²) in [6.07, 6.45) is 0.479. The predicted octanol–water partition coefficient (Wildman–Crippen LogP) is 1.94. The van der Waals surface area contributed by atoms with Crippen molar-refractivity contribution in [3.8, 4) is 0 Å². The molecule has 1 aliphatic rings. The van der Waals surface area contributed by atoms with Crippen molar-refractivity contribution < 1.29 is 18.8 Å². The number of halogens is 1. The average Bonchev–Trinajstić information content (AvgIpc) is 2.76. The summed E-state index contributed by atoms with van der Waals surface area (Å²) in [6.45, 7) is 7.00. The van der Waals surface area contributed by atoms with Gasteiger partial charge in [0.15, 0.2) is 0 Å². The van der Waals surface area contributed by atoms with Crippen LogP contribution in [0.2, 0.25) is 0 Å². The Bertz CT molecular complexity index is 676. The fraction of sp³-hybridized carbons (Fsp3) is 0.550. The third-order valence-electron chi connectivity index (χ3n) is 4.82. The lowest BCUT2D eigenvalue weighted by Gasteiger charge is -2.34. The van der Waals surface area contributed by atoms with Crippen molar-refractivity contribution in [3.05, 3.63) is 35.6 Å². The molecule has 0 aliphatic carbocycles. The molecule has 1 N–H and O–H groups in total. The Hall–Kier alpha value is -2.44. The van der Waals surface area contributed by atoms with E-state index in [9.17, 15) is 18.8 Å². The van der Waals surface area contributed by atoms with Gasteiger partial charge >= 0.3 is 0 Å². The molecule has 0 aromatic heterocycles. The molecule has 148 valence electrons. The minimum absolute atomic E-state index is 0.00446. The average molecular weight is 377 g/mol. The van der Waals surface area contributed by atoms with E-state index in [-0.39, 0.29) is 48.3 Å². The first kappa shape index (κ1) is 20.9. The Morgan fingerprint density at radius 1 is 1.26 bits per heavy atom. The van der Waals surface area contributed by atoms with Crippen molar-refractivity contribution in [2.24, 2.45) is 5.92 Å². The second kappa shape index (κ2) is 9.48. The van der Waals surface area contributed by atoms with Crippen LogP contribution in [0.5, 0.6) is 0 Å². The van der Waals surface area contributed by atoms with Crippen molar-refractivity contribution >= 4 is 17.7 Å². The second-order valence-electron chi connectivity index (χ2n) is 7.28. The van der Waals surface area contributed by atoms with Crippen molar-refractivity contribution in [2.45, 2.75) is 46.2 Å². The Kier molecular flexibility index (Phi) is 7.33. The number of hydrogen-bond donors (Lipinski definition) is 1. The Morgan fingerprint density at radius 2 is 1.93 bits per heavy atom. The molecule has 0 unspecified atom stereocenters. The number of rotatable bonds is 6. The standard InChI is InChI=1S/C20H28FN3O3/c1-14(2)18-13-23(19(26)8-10-22-15(3)25)11-9-20(27)24(18)12-16-4-6-17(21)7-5-16/h4-7,14,18H,8-13H2,1-3H3,(H,22,25)/t18-/m0/s1. The van der Waals surface area contributed by atoms with Gasteiger partial charge in [0.1, 0.15) is 5.82 Å². The van der Waals surface area contributed by atoms with Gasteiger partial charge in [-0.25, -0.2) is 4.39 Å². The van der Waals surface area contributed by atoms with Crippen molar-refractivity contribution in [1.29, 1.82) is 0 Å². The molecule has 1 aromatic rings. The van der Waals surface area contributed by atoms with Gasteiger partial charge in [0.2, 0.25) is 17.7 Å². The normalized spacial score (nSPS) is 17.8. The number of nitrogens with zero attached hydrogens (tertiary/aromatic N) is 2. The first-order valence-electron chi connectivity index (χ1n) is 9.34. The van der Waals surface area contributed by atoms with Crippen LogP contribution in [0.25, 0.3) is 0 Å². The van der Waals surface area contributed by atoms with Crippen LogP contribution in [-0.2, 0) is 20.9 Å². The Morgan fingerprint density at radius 3 is 2.52 bits per heavy atom. The lowest BCUT2D eigenvalue weighted by molar-refractivity contribution is -0.134. The van der Waals surface area contributed by atoms with Crippen molar-refractivity contribution in [1.82, 2.24) is 15.1 Å². The zero-order chi connectivity index (χ0) is 20.0. The summed E-state index contributed by atoms with van der Waals surface area (Å²) in [5.41, 5.74) is 0.862. The van der Waals surface area contributed by atoms with Gasteiger partial charge in [-0.1, -0.05) is 26.0 Å². The SMILES string of the molecule is CC(=O)NCCC(=O)N1CCC(=O)N(Cc2ccc(F)cc2)[C@H](C(C)C)C1. The van der Waals surface area contributed by atoms with Crippen LogP contribution < -0.4 is 5.32 Å². The quantitative estimate of drug-likeness (QED) is 0.824. The van der Waals surface area contributed by atoms with Crippen LogP contribution in [0.1, 0.15) is 39.2 Å². The summed E-state index contributed by atoms with van der Waals surface area (Å²) in [6, 6.07) is 6.03. The number of carbonyl (C=O) groups is 3. The Labute approximate surface area is 159 Å². The summed E-state index contributed by atoms with van der Waals surface area (Å²) < 4.78 is 13.2. The number of carbonyl (C=O) groups excluding carboxylic acids is 3. The molecular formula is C20H28FN3O3. The number of hydrogen-bond acceptors (Lipinski definition) is 3.